The summed E-state index contributed by atoms with van der Waals surface area (Å²) in [6.45, 7) is 4.12. The van der Waals surface area contributed by atoms with Crippen LogP contribution in [-0.2, 0) is 11.2 Å². The molecule has 0 amide bonds. The fourth-order valence-corrected chi connectivity index (χ4v) is 2.07. The fourth-order valence-electron chi connectivity index (χ4n) is 2.07. The zero-order chi connectivity index (χ0) is 13.1. The van der Waals surface area contributed by atoms with E-state index in [0.29, 0.717) is 0 Å². The lowest BCUT2D eigenvalue weighted by Crippen LogP contribution is -2.05. The molecule has 1 N–H and O–H groups in total. The van der Waals surface area contributed by atoms with Crippen molar-refractivity contribution in [1.82, 2.24) is 0 Å². The summed E-state index contributed by atoms with van der Waals surface area (Å²) in [7, 11) is 1.75. The van der Waals surface area contributed by atoms with Crippen LogP contribution >= 0.6 is 0 Å². The maximum absolute atomic E-state index is 5.14. The monoisotopic (exact) mass is 249 g/mol. The number of nitrogens with one attached hydrogen (secondary N) is 1. The minimum atomic E-state index is 0.787. The molecular formula is C16H27NO. The van der Waals surface area contributed by atoms with Crippen molar-refractivity contribution < 1.29 is 4.74 Å². The molecule has 1 rings (SSSR count). The molecule has 0 aromatic heterocycles. The second-order valence-electron chi connectivity index (χ2n) is 4.74. The van der Waals surface area contributed by atoms with Crippen LogP contribution < -0.4 is 5.32 Å². The molecule has 1 aromatic carbocycles. The molecule has 0 radical (unpaired) electrons. The van der Waals surface area contributed by atoms with Gasteiger partial charge in [-0.15, -0.1) is 0 Å². The molecule has 2 heteroatoms. The van der Waals surface area contributed by atoms with E-state index in [-0.39, 0.29) is 0 Å². The first-order valence-corrected chi connectivity index (χ1v) is 7.19. The van der Waals surface area contributed by atoms with Crippen molar-refractivity contribution >= 4 is 5.69 Å². The summed E-state index contributed by atoms with van der Waals surface area (Å²) in [5, 5.41) is 3.54. The van der Waals surface area contributed by atoms with Crippen LogP contribution in [0.3, 0.4) is 0 Å². The molecule has 0 saturated heterocycles. The zero-order valence-electron chi connectivity index (χ0n) is 11.9. The summed E-state index contributed by atoms with van der Waals surface area (Å²) in [5.41, 5.74) is 2.62. The highest BCUT2D eigenvalue weighted by Crippen LogP contribution is 2.16. The summed E-state index contributed by atoms with van der Waals surface area (Å²) >= 11 is 0. The van der Waals surface area contributed by atoms with Crippen LogP contribution in [0, 0.1) is 0 Å². The molecule has 0 aliphatic rings. The quantitative estimate of drug-likeness (QED) is 0.626. The summed E-state index contributed by atoms with van der Waals surface area (Å²) in [6.07, 6.45) is 7.62. The van der Waals surface area contributed by atoms with Crippen molar-refractivity contribution in [1.29, 1.82) is 0 Å². The molecule has 2 nitrogen and oxygen atoms in total. The van der Waals surface area contributed by atoms with Crippen molar-refractivity contribution in [2.75, 3.05) is 25.6 Å². The Balaban J connectivity index is 2.27. The first-order chi connectivity index (χ1) is 8.88. The molecule has 0 bridgehead atoms. The number of unbranched alkanes of at least 4 members (excludes halogenated alkanes) is 4. The molecule has 0 saturated carbocycles. The number of rotatable bonds is 10. The van der Waals surface area contributed by atoms with Gasteiger partial charge in [0.05, 0.1) is 6.61 Å². The van der Waals surface area contributed by atoms with E-state index in [1.807, 2.05) is 0 Å². The molecule has 102 valence electrons. The normalized spacial score (nSPS) is 10.6. The van der Waals surface area contributed by atoms with E-state index in [9.17, 15) is 0 Å². The van der Waals surface area contributed by atoms with Gasteiger partial charge in [-0.25, -0.2) is 0 Å². The molecule has 0 unspecified atom stereocenters. The predicted octanol–water partition coefficient (Wildman–Crippen LogP) is 4.26. The number of hydrogen-bond donors (Lipinski definition) is 1. The van der Waals surface area contributed by atoms with Gasteiger partial charge in [-0.1, -0.05) is 50.8 Å². The highest BCUT2D eigenvalue weighted by atomic mass is 16.5. The van der Waals surface area contributed by atoms with Crippen LogP contribution in [0.2, 0.25) is 0 Å². The maximum atomic E-state index is 5.14. The van der Waals surface area contributed by atoms with E-state index in [0.717, 1.165) is 19.6 Å². The van der Waals surface area contributed by atoms with Gasteiger partial charge in [0.25, 0.3) is 0 Å². The van der Waals surface area contributed by atoms with Gasteiger partial charge < -0.3 is 10.1 Å². The molecular weight excluding hydrogens is 222 g/mol. The fraction of sp³-hybridized carbons (Fsp3) is 0.625. The number of methoxy groups -OCH3 is 1. The maximum Gasteiger partial charge on any atom is 0.0503 e. The van der Waals surface area contributed by atoms with Crippen molar-refractivity contribution in [2.24, 2.45) is 0 Å². The first-order valence-electron chi connectivity index (χ1n) is 7.19. The Hall–Kier alpha value is -1.02. The van der Waals surface area contributed by atoms with E-state index < -0.39 is 0 Å². The average Bonchev–Trinajstić information content (AvgIpc) is 2.41. The van der Waals surface area contributed by atoms with E-state index >= 15 is 0 Å². The Morgan fingerprint density at radius 3 is 2.61 bits per heavy atom. The Kier molecular flexibility index (Phi) is 8.32. The highest BCUT2D eigenvalue weighted by molar-refractivity contribution is 5.51. The predicted molar refractivity (Wildman–Crippen MR) is 79.3 cm³/mol. The summed E-state index contributed by atoms with van der Waals surface area (Å²) in [5.74, 6) is 0. The van der Waals surface area contributed by atoms with Crippen LogP contribution in [0.5, 0.6) is 0 Å². The summed E-state index contributed by atoms with van der Waals surface area (Å²) in [6, 6.07) is 8.53. The molecule has 0 fully saturated rings. The summed E-state index contributed by atoms with van der Waals surface area (Å²) in [4.78, 5) is 0. The number of ether oxygens (including phenoxy) is 1. The molecule has 0 aliphatic heterocycles. The molecule has 0 spiro atoms. The molecule has 0 aliphatic carbocycles. The van der Waals surface area contributed by atoms with Gasteiger partial charge in [-0.2, -0.15) is 0 Å². The average molecular weight is 249 g/mol. The van der Waals surface area contributed by atoms with Gasteiger partial charge in [0.2, 0.25) is 0 Å². The third-order valence-corrected chi connectivity index (χ3v) is 3.19. The van der Waals surface area contributed by atoms with Gasteiger partial charge in [0.1, 0.15) is 0 Å². The number of hydrogen-bond acceptors (Lipinski definition) is 2. The van der Waals surface area contributed by atoms with Gasteiger partial charge in [0, 0.05) is 19.3 Å². The van der Waals surface area contributed by atoms with Crippen LogP contribution in [0.1, 0.15) is 44.6 Å². The summed E-state index contributed by atoms with van der Waals surface area (Å²) < 4.78 is 5.14. The Labute approximate surface area is 112 Å². The highest BCUT2D eigenvalue weighted by Gasteiger charge is 2.00. The molecule has 18 heavy (non-hydrogen) atoms. The minimum Gasteiger partial charge on any atom is -0.385 e. The second kappa shape index (κ2) is 9.95. The number of benzene rings is 1. The van der Waals surface area contributed by atoms with Crippen LogP contribution in [0.25, 0.3) is 0 Å². The van der Waals surface area contributed by atoms with E-state index in [2.05, 4.69) is 36.5 Å². The van der Waals surface area contributed by atoms with Crippen LogP contribution in [0.15, 0.2) is 24.3 Å². The van der Waals surface area contributed by atoms with Gasteiger partial charge >= 0.3 is 0 Å². The topological polar surface area (TPSA) is 21.3 Å². The first kappa shape index (κ1) is 15.0. The Morgan fingerprint density at radius 1 is 1.06 bits per heavy atom. The Bertz CT molecular complexity index is 312. The third kappa shape index (κ3) is 6.06. The van der Waals surface area contributed by atoms with Crippen molar-refractivity contribution in [3.8, 4) is 0 Å². The lowest BCUT2D eigenvalue weighted by atomic mass is 10.1. The van der Waals surface area contributed by atoms with Crippen molar-refractivity contribution in [3.05, 3.63) is 29.8 Å². The Morgan fingerprint density at radius 2 is 1.83 bits per heavy atom. The second-order valence-corrected chi connectivity index (χ2v) is 4.74. The minimum absolute atomic E-state index is 0.787. The molecule has 0 heterocycles. The van der Waals surface area contributed by atoms with Crippen molar-refractivity contribution in [3.63, 3.8) is 0 Å². The smallest absolute Gasteiger partial charge is 0.0503 e. The van der Waals surface area contributed by atoms with E-state index in [1.54, 1.807) is 7.11 Å². The van der Waals surface area contributed by atoms with Gasteiger partial charge in [0.15, 0.2) is 0 Å². The van der Waals surface area contributed by atoms with Gasteiger partial charge in [-0.05, 0) is 24.5 Å². The third-order valence-electron chi connectivity index (χ3n) is 3.19. The largest absolute Gasteiger partial charge is 0.385 e. The van der Waals surface area contributed by atoms with Gasteiger partial charge in [-0.3, -0.25) is 0 Å². The number of anilines is 1. The van der Waals surface area contributed by atoms with Crippen LogP contribution in [0.4, 0.5) is 5.69 Å². The number of para-hydroxylation sites is 1. The lowest BCUT2D eigenvalue weighted by Gasteiger charge is -2.11. The zero-order valence-corrected chi connectivity index (χ0v) is 11.9. The lowest BCUT2D eigenvalue weighted by molar-refractivity contribution is 0.202. The van der Waals surface area contributed by atoms with E-state index in [1.165, 1.54) is 43.4 Å². The van der Waals surface area contributed by atoms with Crippen molar-refractivity contribution in [2.45, 2.75) is 45.4 Å². The SMILES string of the molecule is CCCCCCCNc1ccccc1CCOC. The standard InChI is InChI=1S/C16H27NO/c1-3-4-5-6-9-13-17-16-11-8-7-10-15(16)12-14-18-2/h7-8,10-11,17H,3-6,9,12-14H2,1-2H3. The molecule has 0 atom stereocenters. The van der Waals surface area contributed by atoms with Crippen LogP contribution in [-0.4, -0.2) is 20.3 Å². The molecule has 1 aromatic rings. The van der Waals surface area contributed by atoms with E-state index in [4.69, 9.17) is 4.74 Å².